The molecule has 2 rings (SSSR count). The van der Waals surface area contributed by atoms with E-state index in [1.54, 1.807) is 12.1 Å². The molecule has 0 unspecified atom stereocenters. The Balaban J connectivity index is 2.66. The Labute approximate surface area is 150 Å². The molecule has 0 saturated heterocycles. The highest BCUT2D eigenvalue weighted by atomic mass is 16.5. The topological polar surface area (TPSA) is 112 Å². The van der Waals surface area contributed by atoms with Gasteiger partial charge in [-0.1, -0.05) is 0 Å². The van der Waals surface area contributed by atoms with Crippen molar-refractivity contribution in [1.29, 1.82) is 5.26 Å². The summed E-state index contributed by atoms with van der Waals surface area (Å²) in [6, 6.07) is 8.20. The molecular formula is C17H18N4O5. The van der Waals surface area contributed by atoms with Crippen LogP contribution >= 0.6 is 0 Å². The second kappa shape index (κ2) is 7.23. The first-order valence-corrected chi connectivity index (χ1v) is 7.60. The third-order valence-corrected chi connectivity index (χ3v) is 4.10. The summed E-state index contributed by atoms with van der Waals surface area (Å²) in [5, 5.41) is 14.4. The first-order valence-electron chi connectivity index (χ1n) is 7.60. The van der Waals surface area contributed by atoms with Crippen molar-refractivity contribution in [1.82, 2.24) is 4.90 Å². The van der Waals surface area contributed by atoms with Crippen LogP contribution in [0.2, 0.25) is 0 Å². The van der Waals surface area contributed by atoms with Crippen molar-refractivity contribution in [3.8, 4) is 6.07 Å². The molecule has 0 spiro atoms. The van der Waals surface area contributed by atoms with Crippen LogP contribution in [0.25, 0.3) is 0 Å². The van der Waals surface area contributed by atoms with Crippen molar-refractivity contribution in [3.63, 3.8) is 0 Å². The quantitative estimate of drug-likeness (QED) is 0.705. The van der Waals surface area contributed by atoms with Gasteiger partial charge in [-0.15, -0.1) is 5.10 Å². The van der Waals surface area contributed by atoms with Gasteiger partial charge in [0.1, 0.15) is 6.42 Å². The SMILES string of the molecule is COC(=O)C[C@@]1(C(=O)OC)N(C)C(C(C)=O)=NN1c1ccc(C#N)cc1. The maximum absolute atomic E-state index is 12.7. The van der Waals surface area contributed by atoms with Crippen molar-refractivity contribution in [3.05, 3.63) is 29.8 Å². The van der Waals surface area contributed by atoms with Crippen LogP contribution in [-0.2, 0) is 23.9 Å². The molecule has 0 fully saturated rings. The van der Waals surface area contributed by atoms with Crippen LogP contribution in [0.1, 0.15) is 18.9 Å². The minimum absolute atomic E-state index is 0.0105. The number of amidine groups is 1. The maximum atomic E-state index is 12.7. The summed E-state index contributed by atoms with van der Waals surface area (Å²) in [5.41, 5.74) is -0.910. The highest BCUT2D eigenvalue weighted by Crippen LogP contribution is 2.36. The van der Waals surface area contributed by atoms with Gasteiger partial charge in [0, 0.05) is 14.0 Å². The van der Waals surface area contributed by atoms with E-state index in [4.69, 9.17) is 14.7 Å². The van der Waals surface area contributed by atoms with E-state index in [0.29, 0.717) is 11.3 Å². The van der Waals surface area contributed by atoms with E-state index < -0.39 is 24.0 Å². The summed E-state index contributed by atoms with van der Waals surface area (Å²) in [4.78, 5) is 38.0. The number of hydrogen-bond acceptors (Lipinski definition) is 9. The molecule has 1 atom stereocenters. The summed E-state index contributed by atoms with van der Waals surface area (Å²) in [6.45, 7) is 1.30. The molecule has 0 amide bonds. The second-order valence-electron chi connectivity index (χ2n) is 5.57. The zero-order chi connectivity index (χ0) is 19.5. The number of carbonyl (C=O) groups excluding carboxylic acids is 3. The number of methoxy groups -OCH3 is 2. The van der Waals surface area contributed by atoms with Gasteiger partial charge < -0.3 is 14.4 Å². The van der Waals surface area contributed by atoms with E-state index >= 15 is 0 Å². The molecule has 9 heteroatoms. The van der Waals surface area contributed by atoms with Gasteiger partial charge in [0.15, 0.2) is 11.6 Å². The smallest absolute Gasteiger partial charge is 0.355 e. The predicted molar refractivity (Wildman–Crippen MR) is 90.9 cm³/mol. The molecular weight excluding hydrogens is 340 g/mol. The Morgan fingerprint density at radius 3 is 2.27 bits per heavy atom. The molecule has 0 bridgehead atoms. The summed E-state index contributed by atoms with van der Waals surface area (Å²) in [5.74, 6) is -1.86. The minimum atomic E-state index is -1.73. The molecule has 9 nitrogen and oxygen atoms in total. The number of rotatable bonds is 5. The molecule has 0 aliphatic carbocycles. The monoisotopic (exact) mass is 358 g/mol. The fourth-order valence-electron chi connectivity index (χ4n) is 2.74. The minimum Gasteiger partial charge on any atom is -0.469 e. The van der Waals surface area contributed by atoms with Crippen molar-refractivity contribution in [2.75, 3.05) is 26.3 Å². The normalized spacial score (nSPS) is 18.8. The number of ketones is 1. The van der Waals surface area contributed by atoms with Gasteiger partial charge in [-0.2, -0.15) is 5.26 Å². The predicted octanol–water partition coefficient (Wildman–Crippen LogP) is 0.645. The van der Waals surface area contributed by atoms with Crippen LogP contribution in [0.15, 0.2) is 29.4 Å². The summed E-state index contributed by atoms with van der Waals surface area (Å²) in [7, 11) is 3.85. The highest BCUT2D eigenvalue weighted by molar-refractivity contribution is 6.39. The van der Waals surface area contributed by atoms with Gasteiger partial charge in [0.25, 0.3) is 0 Å². The Kier molecular flexibility index (Phi) is 5.26. The second-order valence-corrected chi connectivity index (χ2v) is 5.57. The molecule has 1 aromatic carbocycles. The standard InChI is InChI=1S/C17H18N4O5/c1-11(22)15-19-21(13-7-5-12(10-18)6-8-13)17(20(15)2,16(24)26-4)9-14(23)25-3/h5-8H,9H2,1-4H3/t17-/m1/s1. The van der Waals surface area contributed by atoms with E-state index in [9.17, 15) is 14.4 Å². The van der Waals surface area contributed by atoms with Crippen molar-refractivity contribution < 1.29 is 23.9 Å². The molecule has 0 radical (unpaired) electrons. The van der Waals surface area contributed by atoms with Crippen LogP contribution in [0.5, 0.6) is 0 Å². The lowest BCUT2D eigenvalue weighted by Gasteiger charge is -2.39. The molecule has 0 saturated carbocycles. The molecule has 1 aliphatic rings. The molecule has 1 aromatic rings. The van der Waals surface area contributed by atoms with Crippen LogP contribution in [0, 0.1) is 11.3 Å². The number of nitrogens with zero attached hydrogens (tertiary/aromatic N) is 4. The van der Waals surface area contributed by atoms with E-state index in [0.717, 1.165) is 0 Å². The zero-order valence-electron chi connectivity index (χ0n) is 14.8. The van der Waals surface area contributed by atoms with Crippen molar-refractivity contribution >= 4 is 29.2 Å². The number of anilines is 1. The number of hydrazone groups is 1. The molecule has 136 valence electrons. The number of carbonyl (C=O) groups is 3. The Morgan fingerprint density at radius 2 is 1.81 bits per heavy atom. The Bertz CT molecular complexity index is 811. The van der Waals surface area contributed by atoms with Crippen LogP contribution < -0.4 is 5.01 Å². The largest absolute Gasteiger partial charge is 0.469 e. The number of hydrogen-bond donors (Lipinski definition) is 0. The number of nitriles is 1. The van der Waals surface area contributed by atoms with E-state index in [-0.39, 0.29) is 11.6 Å². The number of ether oxygens (including phenoxy) is 2. The Morgan fingerprint density at radius 1 is 1.19 bits per heavy atom. The van der Waals surface area contributed by atoms with Crippen molar-refractivity contribution in [2.24, 2.45) is 5.10 Å². The van der Waals surface area contributed by atoms with Gasteiger partial charge >= 0.3 is 11.9 Å². The van der Waals surface area contributed by atoms with Crippen LogP contribution in [-0.4, -0.2) is 55.4 Å². The average molecular weight is 358 g/mol. The molecule has 26 heavy (non-hydrogen) atoms. The van der Waals surface area contributed by atoms with Gasteiger partial charge in [-0.25, -0.2) is 9.80 Å². The summed E-state index contributed by atoms with van der Waals surface area (Å²) >= 11 is 0. The van der Waals surface area contributed by atoms with Gasteiger partial charge in [-0.3, -0.25) is 9.59 Å². The number of esters is 2. The number of Topliss-reactive ketones (excluding diaryl/α,β-unsaturated/α-hetero) is 1. The third-order valence-electron chi connectivity index (χ3n) is 4.10. The summed E-state index contributed by atoms with van der Waals surface area (Å²) in [6.07, 6.45) is -0.424. The Hall–Kier alpha value is -3.41. The molecule has 1 aliphatic heterocycles. The van der Waals surface area contributed by atoms with Crippen molar-refractivity contribution in [2.45, 2.75) is 19.0 Å². The lowest BCUT2D eigenvalue weighted by Crippen LogP contribution is -2.62. The third kappa shape index (κ3) is 2.97. The zero-order valence-corrected chi connectivity index (χ0v) is 14.8. The van der Waals surface area contributed by atoms with E-state index in [1.165, 1.54) is 50.2 Å². The lowest BCUT2D eigenvalue weighted by molar-refractivity contribution is -0.158. The highest BCUT2D eigenvalue weighted by Gasteiger charge is 2.57. The number of benzene rings is 1. The molecule has 1 heterocycles. The first kappa shape index (κ1) is 18.9. The average Bonchev–Trinajstić information content (AvgIpc) is 2.94. The van der Waals surface area contributed by atoms with Gasteiger partial charge in [-0.05, 0) is 24.3 Å². The van der Waals surface area contributed by atoms with Crippen LogP contribution in [0.3, 0.4) is 0 Å². The molecule has 0 N–H and O–H groups in total. The fraction of sp³-hybridized carbons (Fsp3) is 0.353. The first-order chi connectivity index (χ1) is 12.3. The van der Waals surface area contributed by atoms with Gasteiger partial charge in [0.05, 0.1) is 31.5 Å². The van der Waals surface area contributed by atoms with E-state index in [2.05, 4.69) is 5.10 Å². The number of likely N-dealkylation sites (N-methyl/N-ethyl adjacent to an activating group) is 1. The summed E-state index contributed by atoms with van der Waals surface area (Å²) < 4.78 is 9.63. The maximum Gasteiger partial charge on any atom is 0.355 e. The molecule has 0 aromatic heterocycles. The van der Waals surface area contributed by atoms with Crippen LogP contribution in [0.4, 0.5) is 5.69 Å². The van der Waals surface area contributed by atoms with Gasteiger partial charge in [0.2, 0.25) is 5.66 Å². The fourth-order valence-corrected chi connectivity index (χ4v) is 2.74. The lowest BCUT2D eigenvalue weighted by atomic mass is 10.0. The van der Waals surface area contributed by atoms with E-state index in [1.807, 2.05) is 6.07 Å².